The van der Waals surface area contributed by atoms with Gasteiger partial charge in [-0.3, -0.25) is 4.21 Å². The number of thiophene rings is 1. The molecular formula is C11H18BrNOS2. The summed E-state index contributed by atoms with van der Waals surface area (Å²) in [5.41, 5.74) is 0. The topological polar surface area (TPSA) is 29.1 Å². The molecule has 0 aliphatic rings. The predicted octanol–water partition coefficient (Wildman–Crippen LogP) is 3.32. The van der Waals surface area contributed by atoms with Crippen LogP contribution < -0.4 is 5.32 Å². The summed E-state index contributed by atoms with van der Waals surface area (Å²) in [6.45, 7) is 5.10. The van der Waals surface area contributed by atoms with E-state index in [1.54, 1.807) is 17.6 Å². The standard InChI is InChI=1S/C11H18BrNOS2/c1-8(16(3)14)6-7-13-9(2)10-4-5-11(12)15-10/h4-5,8-9,13H,6-7H2,1-3H3. The number of hydrogen-bond donors (Lipinski definition) is 1. The number of halogens is 1. The van der Waals surface area contributed by atoms with E-state index < -0.39 is 10.8 Å². The molecule has 0 fully saturated rings. The minimum Gasteiger partial charge on any atom is -0.309 e. The van der Waals surface area contributed by atoms with Gasteiger partial charge < -0.3 is 5.32 Å². The van der Waals surface area contributed by atoms with Gasteiger partial charge in [-0.05, 0) is 48.0 Å². The van der Waals surface area contributed by atoms with Gasteiger partial charge in [0.25, 0.3) is 0 Å². The molecular weight excluding hydrogens is 306 g/mol. The van der Waals surface area contributed by atoms with Crippen LogP contribution in [0.3, 0.4) is 0 Å². The smallest absolute Gasteiger partial charge is 0.0701 e. The molecule has 0 bridgehead atoms. The SMILES string of the molecule is CC(NCCC(C)S(C)=O)c1ccc(Br)s1. The average Bonchev–Trinajstić information content (AvgIpc) is 2.64. The molecule has 0 aliphatic heterocycles. The zero-order valence-corrected chi connectivity index (χ0v) is 13.0. The van der Waals surface area contributed by atoms with Crippen molar-refractivity contribution in [3.05, 3.63) is 20.8 Å². The Kier molecular flexibility index (Phi) is 6.18. The molecule has 0 radical (unpaired) electrons. The monoisotopic (exact) mass is 323 g/mol. The Balaban J connectivity index is 2.30. The highest BCUT2D eigenvalue weighted by Crippen LogP contribution is 2.26. The van der Waals surface area contributed by atoms with E-state index in [0.717, 1.165) is 13.0 Å². The van der Waals surface area contributed by atoms with E-state index in [4.69, 9.17) is 0 Å². The molecule has 1 aromatic heterocycles. The largest absolute Gasteiger partial charge is 0.309 e. The highest BCUT2D eigenvalue weighted by Gasteiger charge is 2.09. The molecule has 0 aromatic carbocycles. The Labute approximate surface area is 112 Å². The lowest BCUT2D eigenvalue weighted by molar-refractivity contribution is 0.560. The van der Waals surface area contributed by atoms with E-state index in [9.17, 15) is 4.21 Å². The van der Waals surface area contributed by atoms with Crippen LogP contribution in [-0.2, 0) is 10.8 Å². The van der Waals surface area contributed by atoms with Crippen molar-refractivity contribution in [3.8, 4) is 0 Å². The first kappa shape index (κ1) is 14.4. The van der Waals surface area contributed by atoms with Gasteiger partial charge in [-0.2, -0.15) is 0 Å². The molecule has 3 unspecified atom stereocenters. The second-order valence-electron chi connectivity index (χ2n) is 3.92. The summed E-state index contributed by atoms with van der Waals surface area (Å²) in [5.74, 6) is 0. The molecule has 1 aromatic rings. The fourth-order valence-electron chi connectivity index (χ4n) is 1.33. The average molecular weight is 324 g/mol. The fraction of sp³-hybridized carbons (Fsp3) is 0.636. The molecule has 92 valence electrons. The lowest BCUT2D eigenvalue weighted by Crippen LogP contribution is -2.23. The first-order chi connectivity index (χ1) is 7.50. The van der Waals surface area contributed by atoms with Crippen molar-refractivity contribution < 1.29 is 4.21 Å². The summed E-state index contributed by atoms with van der Waals surface area (Å²) < 4.78 is 12.3. The maximum atomic E-state index is 11.2. The Morgan fingerprint density at radius 1 is 1.50 bits per heavy atom. The highest BCUT2D eigenvalue weighted by atomic mass is 79.9. The van der Waals surface area contributed by atoms with Crippen molar-refractivity contribution >= 4 is 38.1 Å². The van der Waals surface area contributed by atoms with Crippen LogP contribution in [0.4, 0.5) is 0 Å². The zero-order valence-electron chi connectivity index (χ0n) is 9.83. The van der Waals surface area contributed by atoms with E-state index >= 15 is 0 Å². The van der Waals surface area contributed by atoms with Crippen molar-refractivity contribution in [2.45, 2.75) is 31.6 Å². The lowest BCUT2D eigenvalue weighted by Gasteiger charge is -2.14. The molecule has 2 nitrogen and oxygen atoms in total. The van der Waals surface area contributed by atoms with E-state index in [1.165, 1.54) is 8.66 Å². The summed E-state index contributed by atoms with van der Waals surface area (Å²) >= 11 is 5.22. The van der Waals surface area contributed by atoms with E-state index in [2.05, 4.69) is 40.3 Å². The maximum Gasteiger partial charge on any atom is 0.0701 e. The minimum atomic E-state index is -0.710. The van der Waals surface area contributed by atoms with Gasteiger partial charge in [0.1, 0.15) is 0 Å². The second-order valence-corrected chi connectivity index (χ2v) is 8.21. The maximum absolute atomic E-state index is 11.2. The molecule has 1 rings (SSSR count). The van der Waals surface area contributed by atoms with Gasteiger partial charge >= 0.3 is 0 Å². The van der Waals surface area contributed by atoms with E-state index in [0.29, 0.717) is 6.04 Å². The quantitative estimate of drug-likeness (QED) is 0.870. The first-order valence-electron chi connectivity index (χ1n) is 5.31. The summed E-state index contributed by atoms with van der Waals surface area (Å²) in [6, 6.07) is 4.57. The summed E-state index contributed by atoms with van der Waals surface area (Å²) in [7, 11) is -0.710. The van der Waals surface area contributed by atoms with Crippen LogP contribution in [0, 0.1) is 0 Å². The zero-order chi connectivity index (χ0) is 12.1. The Hall–Kier alpha value is 0.290. The molecule has 0 saturated heterocycles. The van der Waals surface area contributed by atoms with Gasteiger partial charge in [-0.25, -0.2) is 0 Å². The van der Waals surface area contributed by atoms with Gasteiger partial charge in [0.2, 0.25) is 0 Å². The van der Waals surface area contributed by atoms with Crippen LogP contribution in [0.2, 0.25) is 0 Å². The van der Waals surface area contributed by atoms with Crippen LogP contribution in [0.1, 0.15) is 31.2 Å². The van der Waals surface area contributed by atoms with Gasteiger partial charge in [0.05, 0.1) is 3.79 Å². The summed E-state index contributed by atoms with van der Waals surface area (Å²) in [4.78, 5) is 1.33. The normalized spacial score (nSPS) is 17.0. The lowest BCUT2D eigenvalue weighted by atomic mass is 10.2. The van der Waals surface area contributed by atoms with Crippen molar-refractivity contribution in [1.82, 2.24) is 5.32 Å². The molecule has 0 aliphatic carbocycles. The van der Waals surface area contributed by atoms with Crippen LogP contribution in [0.25, 0.3) is 0 Å². The summed E-state index contributed by atoms with van der Waals surface area (Å²) in [6.07, 6.45) is 2.73. The van der Waals surface area contributed by atoms with E-state index in [1.807, 2.05) is 6.92 Å². The highest BCUT2D eigenvalue weighted by molar-refractivity contribution is 9.11. The van der Waals surface area contributed by atoms with Crippen molar-refractivity contribution in [3.63, 3.8) is 0 Å². The molecule has 0 amide bonds. The molecule has 1 N–H and O–H groups in total. The Morgan fingerprint density at radius 2 is 2.19 bits per heavy atom. The number of nitrogens with one attached hydrogen (secondary N) is 1. The third-order valence-electron chi connectivity index (χ3n) is 2.59. The Morgan fingerprint density at radius 3 is 2.69 bits per heavy atom. The van der Waals surface area contributed by atoms with Crippen molar-refractivity contribution in [2.24, 2.45) is 0 Å². The second kappa shape index (κ2) is 6.89. The van der Waals surface area contributed by atoms with Crippen LogP contribution in [0.15, 0.2) is 15.9 Å². The van der Waals surface area contributed by atoms with Crippen molar-refractivity contribution in [1.29, 1.82) is 0 Å². The fourth-order valence-corrected chi connectivity index (χ4v) is 3.23. The Bertz CT molecular complexity index is 354. The van der Waals surface area contributed by atoms with E-state index in [-0.39, 0.29) is 5.25 Å². The molecule has 1 heterocycles. The number of hydrogen-bond acceptors (Lipinski definition) is 3. The molecule has 0 spiro atoms. The van der Waals surface area contributed by atoms with Crippen LogP contribution >= 0.6 is 27.3 Å². The minimum absolute atomic E-state index is 0.273. The van der Waals surface area contributed by atoms with Crippen molar-refractivity contribution in [2.75, 3.05) is 12.8 Å². The third kappa shape index (κ3) is 4.65. The van der Waals surface area contributed by atoms with Gasteiger partial charge in [0.15, 0.2) is 0 Å². The third-order valence-corrected chi connectivity index (χ3v) is 5.76. The predicted molar refractivity (Wildman–Crippen MR) is 76.6 cm³/mol. The summed E-state index contributed by atoms with van der Waals surface area (Å²) in [5, 5.41) is 3.73. The van der Waals surface area contributed by atoms with Gasteiger partial charge in [-0.15, -0.1) is 11.3 Å². The first-order valence-corrected chi connectivity index (χ1v) is 8.54. The molecule has 5 heteroatoms. The molecule has 3 atom stereocenters. The van der Waals surface area contributed by atoms with Crippen LogP contribution in [-0.4, -0.2) is 22.3 Å². The van der Waals surface area contributed by atoms with Gasteiger partial charge in [-0.1, -0.05) is 6.92 Å². The number of rotatable bonds is 6. The molecule has 16 heavy (non-hydrogen) atoms. The van der Waals surface area contributed by atoms with Gasteiger partial charge in [0, 0.05) is 33.2 Å². The molecule has 0 saturated carbocycles. The van der Waals surface area contributed by atoms with Crippen LogP contribution in [0.5, 0.6) is 0 Å².